The van der Waals surface area contributed by atoms with Crippen LogP contribution in [0.1, 0.15) is 45.5 Å². The molecule has 14 heavy (non-hydrogen) atoms. The predicted octanol–water partition coefficient (Wildman–Crippen LogP) is 2.50. The molecule has 1 atom stereocenters. The van der Waals surface area contributed by atoms with E-state index >= 15 is 0 Å². The number of H-pyrrole nitrogens is 1. The summed E-state index contributed by atoms with van der Waals surface area (Å²) in [6.45, 7) is 7.60. The van der Waals surface area contributed by atoms with Crippen molar-refractivity contribution in [2.45, 2.75) is 39.7 Å². The van der Waals surface area contributed by atoms with E-state index < -0.39 is 0 Å². The lowest BCUT2D eigenvalue weighted by Gasteiger charge is -2.24. The first-order valence-electron chi connectivity index (χ1n) is 5.56. The molecule has 3 heteroatoms. The molecule has 0 radical (unpaired) electrons. The van der Waals surface area contributed by atoms with Crippen LogP contribution in [-0.2, 0) is 0 Å². The van der Waals surface area contributed by atoms with Gasteiger partial charge in [-0.2, -0.15) is 0 Å². The topological polar surface area (TPSA) is 40.7 Å². The standard InChI is InChI=1S/C11H21N3/c1-4-9(5-2)10(12-6-3)11-13-7-8-14-11/h7-10,12H,4-6H2,1-3H3,(H,13,14). The Balaban J connectivity index is 2.72. The van der Waals surface area contributed by atoms with E-state index in [1.165, 1.54) is 12.8 Å². The molecule has 0 fully saturated rings. The fraction of sp³-hybridized carbons (Fsp3) is 0.727. The van der Waals surface area contributed by atoms with Crippen LogP contribution in [0.2, 0.25) is 0 Å². The van der Waals surface area contributed by atoms with Crippen LogP contribution >= 0.6 is 0 Å². The molecule has 1 aromatic rings. The van der Waals surface area contributed by atoms with E-state index in [-0.39, 0.29) is 0 Å². The van der Waals surface area contributed by atoms with Crippen molar-refractivity contribution in [3.05, 3.63) is 18.2 Å². The highest BCUT2D eigenvalue weighted by molar-refractivity contribution is 4.97. The highest BCUT2D eigenvalue weighted by atomic mass is 15.0. The lowest BCUT2D eigenvalue weighted by atomic mass is 9.93. The normalized spacial score (nSPS) is 13.4. The highest BCUT2D eigenvalue weighted by Crippen LogP contribution is 2.24. The van der Waals surface area contributed by atoms with Gasteiger partial charge in [0, 0.05) is 12.4 Å². The fourth-order valence-electron chi connectivity index (χ4n) is 1.91. The van der Waals surface area contributed by atoms with Crippen molar-refractivity contribution in [2.24, 2.45) is 5.92 Å². The number of aromatic nitrogens is 2. The third-order valence-corrected chi connectivity index (χ3v) is 2.76. The van der Waals surface area contributed by atoms with Crippen molar-refractivity contribution in [1.82, 2.24) is 15.3 Å². The van der Waals surface area contributed by atoms with Crippen LogP contribution in [0.4, 0.5) is 0 Å². The fourth-order valence-corrected chi connectivity index (χ4v) is 1.91. The van der Waals surface area contributed by atoms with E-state index in [0.717, 1.165) is 12.4 Å². The number of nitrogens with one attached hydrogen (secondary N) is 2. The summed E-state index contributed by atoms with van der Waals surface area (Å²) in [6.07, 6.45) is 6.09. The van der Waals surface area contributed by atoms with E-state index in [1.54, 1.807) is 0 Å². The minimum absolute atomic E-state index is 0.380. The smallest absolute Gasteiger partial charge is 0.123 e. The molecule has 0 aliphatic carbocycles. The second-order valence-electron chi connectivity index (χ2n) is 3.59. The first kappa shape index (κ1) is 11.2. The van der Waals surface area contributed by atoms with Crippen molar-refractivity contribution in [1.29, 1.82) is 0 Å². The van der Waals surface area contributed by atoms with Gasteiger partial charge in [-0.25, -0.2) is 4.98 Å². The van der Waals surface area contributed by atoms with Crippen LogP contribution in [-0.4, -0.2) is 16.5 Å². The molecule has 1 aromatic heterocycles. The maximum atomic E-state index is 4.33. The monoisotopic (exact) mass is 195 g/mol. The van der Waals surface area contributed by atoms with Gasteiger partial charge in [-0.3, -0.25) is 0 Å². The van der Waals surface area contributed by atoms with Crippen molar-refractivity contribution < 1.29 is 0 Å². The minimum Gasteiger partial charge on any atom is -0.347 e. The van der Waals surface area contributed by atoms with Gasteiger partial charge in [-0.1, -0.05) is 33.6 Å². The number of imidazole rings is 1. The van der Waals surface area contributed by atoms with Crippen molar-refractivity contribution in [3.63, 3.8) is 0 Å². The summed E-state index contributed by atoms with van der Waals surface area (Å²) in [5.41, 5.74) is 0. The molecule has 1 rings (SSSR count). The molecule has 80 valence electrons. The molecule has 0 spiro atoms. The van der Waals surface area contributed by atoms with Gasteiger partial charge in [-0.05, 0) is 12.5 Å². The first-order chi connectivity index (χ1) is 6.83. The second-order valence-corrected chi connectivity index (χ2v) is 3.59. The third-order valence-electron chi connectivity index (χ3n) is 2.76. The maximum absolute atomic E-state index is 4.33. The van der Waals surface area contributed by atoms with E-state index in [1.807, 2.05) is 12.4 Å². The Hall–Kier alpha value is -0.830. The van der Waals surface area contributed by atoms with Gasteiger partial charge < -0.3 is 10.3 Å². The SMILES string of the molecule is CCNC(c1ncc[nH]1)C(CC)CC. The first-order valence-corrected chi connectivity index (χ1v) is 5.56. The quantitative estimate of drug-likeness (QED) is 0.732. The highest BCUT2D eigenvalue weighted by Gasteiger charge is 2.20. The van der Waals surface area contributed by atoms with E-state index in [0.29, 0.717) is 12.0 Å². The Morgan fingerprint density at radius 3 is 2.50 bits per heavy atom. The van der Waals surface area contributed by atoms with Gasteiger partial charge in [0.25, 0.3) is 0 Å². The number of hydrogen-bond acceptors (Lipinski definition) is 2. The molecule has 0 aliphatic rings. The van der Waals surface area contributed by atoms with Crippen molar-refractivity contribution in [2.75, 3.05) is 6.54 Å². The lowest BCUT2D eigenvalue weighted by Crippen LogP contribution is -2.28. The second kappa shape index (κ2) is 5.81. The molecule has 2 N–H and O–H groups in total. The summed E-state index contributed by atoms with van der Waals surface area (Å²) in [4.78, 5) is 7.53. The molecule has 3 nitrogen and oxygen atoms in total. The summed E-state index contributed by atoms with van der Waals surface area (Å²) in [5.74, 6) is 1.74. The molecule has 0 aromatic carbocycles. The maximum Gasteiger partial charge on any atom is 0.123 e. The Kier molecular flexibility index (Phi) is 4.66. The zero-order valence-electron chi connectivity index (χ0n) is 9.38. The van der Waals surface area contributed by atoms with Crippen LogP contribution in [0, 0.1) is 5.92 Å². The molecule has 0 saturated carbocycles. The van der Waals surface area contributed by atoms with Crippen molar-refractivity contribution >= 4 is 0 Å². The van der Waals surface area contributed by atoms with Gasteiger partial charge >= 0.3 is 0 Å². The summed E-state index contributed by atoms with van der Waals surface area (Å²) >= 11 is 0. The third kappa shape index (κ3) is 2.58. The van der Waals surface area contributed by atoms with Gasteiger partial charge in [0.15, 0.2) is 0 Å². The van der Waals surface area contributed by atoms with Crippen LogP contribution in [0.5, 0.6) is 0 Å². The Morgan fingerprint density at radius 2 is 2.07 bits per heavy atom. The van der Waals surface area contributed by atoms with E-state index in [9.17, 15) is 0 Å². The van der Waals surface area contributed by atoms with Crippen LogP contribution < -0.4 is 5.32 Å². The average Bonchev–Trinajstić information content (AvgIpc) is 2.71. The lowest BCUT2D eigenvalue weighted by molar-refractivity contribution is 0.335. The Labute approximate surface area is 86.3 Å². The predicted molar refractivity (Wildman–Crippen MR) is 59.1 cm³/mol. The average molecular weight is 195 g/mol. The molecular weight excluding hydrogens is 174 g/mol. The Bertz CT molecular complexity index is 227. The number of aromatic amines is 1. The molecule has 0 bridgehead atoms. The molecule has 0 saturated heterocycles. The molecule has 1 heterocycles. The zero-order chi connectivity index (χ0) is 10.4. The molecule has 1 unspecified atom stereocenters. The number of nitrogens with zero attached hydrogens (tertiary/aromatic N) is 1. The summed E-state index contributed by atoms with van der Waals surface area (Å²) in [5, 5.41) is 3.49. The molecule has 0 aliphatic heterocycles. The van der Waals surface area contributed by atoms with Crippen LogP contribution in [0.25, 0.3) is 0 Å². The summed E-state index contributed by atoms with van der Waals surface area (Å²) < 4.78 is 0. The minimum atomic E-state index is 0.380. The number of rotatable bonds is 6. The molecular formula is C11H21N3. The van der Waals surface area contributed by atoms with Gasteiger partial charge in [0.05, 0.1) is 6.04 Å². The zero-order valence-corrected chi connectivity index (χ0v) is 9.38. The van der Waals surface area contributed by atoms with Gasteiger partial charge in [0.2, 0.25) is 0 Å². The van der Waals surface area contributed by atoms with Crippen LogP contribution in [0.15, 0.2) is 12.4 Å². The van der Waals surface area contributed by atoms with Gasteiger partial charge in [-0.15, -0.1) is 0 Å². The van der Waals surface area contributed by atoms with E-state index in [4.69, 9.17) is 0 Å². The van der Waals surface area contributed by atoms with E-state index in [2.05, 4.69) is 36.1 Å². The number of hydrogen-bond donors (Lipinski definition) is 2. The Morgan fingerprint density at radius 1 is 1.36 bits per heavy atom. The van der Waals surface area contributed by atoms with Gasteiger partial charge in [0.1, 0.15) is 5.82 Å². The summed E-state index contributed by atoms with van der Waals surface area (Å²) in [6, 6.07) is 0.380. The van der Waals surface area contributed by atoms with Crippen molar-refractivity contribution in [3.8, 4) is 0 Å². The molecule has 0 amide bonds. The summed E-state index contributed by atoms with van der Waals surface area (Å²) in [7, 11) is 0. The largest absolute Gasteiger partial charge is 0.347 e. The van der Waals surface area contributed by atoms with Crippen LogP contribution in [0.3, 0.4) is 0 Å².